The van der Waals surface area contributed by atoms with Gasteiger partial charge in [0.1, 0.15) is 28.2 Å². The van der Waals surface area contributed by atoms with Crippen LogP contribution in [0.1, 0.15) is 25.7 Å². The number of sulfonamides is 2. The van der Waals surface area contributed by atoms with E-state index in [-0.39, 0.29) is 54.4 Å². The standard InChI is InChI=1S/C16H21ClN6O11S2/c17-11-7-12-14(8-13(11)35(18,29)30)36(31,32)20-16(19-12)3-5-21(6-4-16)15(24)2-1-10(34-23(27)28)9-33-22(25)26/h7-8,10,19-20H,1-6,9H2,(H2,18,29,30). The smallest absolute Gasteiger partial charge is 0.294 e. The van der Waals surface area contributed by atoms with Gasteiger partial charge in [-0.05, 0) is 18.6 Å². The fraction of sp³-hybridized carbons (Fsp3) is 0.562. The van der Waals surface area contributed by atoms with E-state index in [1.54, 1.807) is 0 Å². The fourth-order valence-corrected chi connectivity index (χ4v) is 6.63. The monoisotopic (exact) mass is 572 g/mol. The van der Waals surface area contributed by atoms with E-state index in [9.17, 15) is 41.9 Å². The van der Waals surface area contributed by atoms with Crippen LogP contribution in [0.3, 0.4) is 0 Å². The Labute approximate surface area is 209 Å². The van der Waals surface area contributed by atoms with Crippen molar-refractivity contribution in [1.82, 2.24) is 9.62 Å². The van der Waals surface area contributed by atoms with E-state index >= 15 is 0 Å². The molecule has 2 aliphatic heterocycles. The second kappa shape index (κ2) is 10.2. The molecule has 1 fully saturated rings. The van der Waals surface area contributed by atoms with Crippen molar-refractivity contribution in [2.45, 2.75) is 47.2 Å². The van der Waals surface area contributed by atoms with Gasteiger partial charge >= 0.3 is 0 Å². The van der Waals surface area contributed by atoms with Gasteiger partial charge in [-0.25, -0.2) is 22.0 Å². The van der Waals surface area contributed by atoms with E-state index in [1.807, 2.05) is 0 Å². The number of benzene rings is 1. The topological polar surface area (TPSA) is 243 Å². The molecule has 20 heteroatoms. The number of rotatable bonds is 9. The Bertz CT molecular complexity index is 1280. The van der Waals surface area contributed by atoms with Crippen LogP contribution in [0.5, 0.6) is 0 Å². The molecule has 1 spiro atoms. The Kier molecular flexibility index (Phi) is 7.79. The van der Waals surface area contributed by atoms with E-state index in [0.29, 0.717) is 0 Å². The van der Waals surface area contributed by atoms with E-state index in [4.69, 9.17) is 16.7 Å². The number of hydrogen-bond acceptors (Lipinski definition) is 12. The second-order valence-corrected chi connectivity index (χ2v) is 11.6. The summed E-state index contributed by atoms with van der Waals surface area (Å²) in [5.41, 5.74) is -1.12. The van der Waals surface area contributed by atoms with Crippen LogP contribution in [-0.2, 0) is 34.5 Å². The van der Waals surface area contributed by atoms with Crippen LogP contribution in [0, 0.1) is 20.2 Å². The van der Waals surface area contributed by atoms with Gasteiger partial charge in [0.05, 0.1) is 10.7 Å². The first-order valence-corrected chi connectivity index (χ1v) is 13.6. The lowest BCUT2D eigenvalue weighted by atomic mass is 9.96. The van der Waals surface area contributed by atoms with E-state index in [2.05, 4.69) is 19.7 Å². The molecule has 2 heterocycles. The minimum atomic E-state index is -4.28. The summed E-state index contributed by atoms with van der Waals surface area (Å²) in [6.07, 6.45) is -1.56. The molecule has 0 aliphatic carbocycles. The highest BCUT2D eigenvalue weighted by atomic mass is 35.5. The summed E-state index contributed by atoms with van der Waals surface area (Å²) in [6, 6.07) is 2.01. The minimum absolute atomic E-state index is 0.0662. The number of anilines is 1. The van der Waals surface area contributed by atoms with Gasteiger partial charge in [-0.2, -0.15) is 4.72 Å². The van der Waals surface area contributed by atoms with Gasteiger partial charge in [-0.3, -0.25) is 4.79 Å². The van der Waals surface area contributed by atoms with Crippen LogP contribution in [-0.4, -0.2) is 69.3 Å². The highest BCUT2D eigenvalue weighted by molar-refractivity contribution is 7.90. The van der Waals surface area contributed by atoms with Gasteiger partial charge < -0.3 is 19.9 Å². The number of piperidine rings is 1. The average molecular weight is 573 g/mol. The molecule has 1 unspecified atom stereocenters. The molecule has 1 aromatic rings. The largest absolute Gasteiger partial charge is 0.365 e. The summed E-state index contributed by atoms with van der Waals surface area (Å²) in [5, 5.41) is 26.4. The molecule has 2 aliphatic rings. The summed E-state index contributed by atoms with van der Waals surface area (Å²) in [5.74, 6) is -0.428. The van der Waals surface area contributed by atoms with E-state index in [0.717, 1.165) is 12.1 Å². The Morgan fingerprint density at radius 1 is 1.25 bits per heavy atom. The Balaban J connectivity index is 1.67. The summed E-state index contributed by atoms with van der Waals surface area (Å²) in [7, 11) is -8.45. The zero-order chi connectivity index (χ0) is 26.9. The summed E-state index contributed by atoms with van der Waals surface area (Å²) in [6.45, 7) is -0.539. The van der Waals surface area contributed by atoms with Crippen LogP contribution in [0.25, 0.3) is 0 Å². The summed E-state index contributed by atoms with van der Waals surface area (Å²) in [4.78, 5) is 42.3. The van der Waals surface area contributed by atoms with Gasteiger partial charge in [0, 0.05) is 32.4 Å². The fourth-order valence-electron chi connectivity index (χ4n) is 3.91. The van der Waals surface area contributed by atoms with Crippen molar-refractivity contribution in [1.29, 1.82) is 0 Å². The van der Waals surface area contributed by atoms with Gasteiger partial charge in [0.15, 0.2) is 0 Å². The maximum Gasteiger partial charge on any atom is 0.294 e. The maximum absolute atomic E-state index is 12.9. The molecule has 1 saturated heterocycles. The molecule has 200 valence electrons. The average Bonchev–Trinajstić information content (AvgIpc) is 2.73. The number of nitrogens with zero attached hydrogens (tertiary/aromatic N) is 3. The Morgan fingerprint density at radius 3 is 2.44 bits per heavy atom. The minimum Gasteiger partial charge on any atom is -0.365 e. The molecular weight excluding hydrogens is 552 g/mol. The Hall–Kier alpha value is -3.00. The predicted octanol–water partition coefficient (Wildman–Crippen LogP) is -0.425. The van der Waals surface area contributed by atoms with Crippen molar-refractivity contribution >= 4 is 43.2 Å². The lowest BCUT2D eigenvalue weighted by molar-refractivity contribution is -0.790. The molecule has 1 amide bonds. The first-order chi connectivity index (χ1) is 16.6. The Morgan fingerprint density at radius 2 is 1.89 bits per heavy atom. The molecule has 1 aromatic carbocycles. The van der Waals surface area contributed by atoms with Crippen LogP contribution in [0.2, 0.25) is 5.02 Å². The van der Waals surface area contributed by atoms with Crippen LogP contribution >= 0.6 is 11.6 Å². The zero-order valence-corrected chi connectivity index (χ0v) is 20.7. The molecule has 4 N–H and O–H groups in total. The van der Waals surface area contributed by atoms with Crippen LogP contribution in [0.4, 0.5) is 5.69 Å². The van der Waals surface area contributed by atoms with Crippen molar-refractivity contribution in [3.8, 4) is 0 Å². The third-order valence-electron chi connectivity index (χ3n) is 5.58. The number of carbonyl (C=O) groups excluding carboxylic acids is 1. The predicted molar refractivity (Wildman–Crippen MR) is 119 cm³/mol. The van der Waals surface area contributed by atoms with Crippen molar-refractivity contribution in [3.05, 3.63) is 37.4 Å². The third kappa shape index (κ3) is 6.40. The molecule has 17 nitrogen and oxygen atoms in total. The number of hydrogen-bond donors (Lipinski definition) is 3. The van der Waals surface area contributed by atoms with Gasteiger partial charge in [0.25, 0.3) is 10.2 Å². The van der Waals surface area contributed by atoms with Gasteiger partial charge in [-0.15, -0.1) is 20.2 Å². The molecular formula is C16H21ClN6O11S2. The number of halogens is 1. The van der Waals surface area contributed by atoms with Gasteiger partial charge in [0.2, 0.25) is 26.0 Å². The summed E-state index contributed by atoms with van der Waals surface area (Å²) >= 11 is 6.00. The molecule has 0 bridgehead atoms. The number of nitrogens with two attached hydrogens (primary N) is 1. The molecule has 1 atom stereocenters. The number of carbonyl (C=O) groups is 1. The van der Waals surface area contributed by atoms with E-state index < -0.39 is 59.4 Å². The number of nitrogens with one attached hydrogen (secondary N) is 2. The van der Waals surface area contributed by atoms with E-state index in [1.165, 1.54) is 4.90 Å². The first-order valence-electron chi connectivity index (χ1n) is 10.2. The molecule has 0 radical (unpaired) electrons. The normalized spacial score (nSPS) is 19.0. The number of likely N-dealkylation sites (tertiary alicyclic amines) is 1. The van der Waals surface area contributed by atoms with Crippen molar-refractivity contribution < 1.29 is 41.5 Å². The lowest BCUT2D eigenvalue weighted by Gasteiger charge is -2.45. The molecule has 0 aromatic heterocycles. The van der Waals surface area contributed by atoms with Crippen molar-refractivity contribution in [2.24, 2.45) is 5.14 Å². The molecule has 3 rings (SSSR count). The lowest BCUT2D eigenvalue weighted by Crippen LogP contribution is -2.62. The number of amides is 1. The number of primary sulfonamides is 1. The first kappa shape index (κ1) is 27.6. The maximum atomic E-state index is 12.9. The quantitative estimate of drug-likeness (QED) is 0.252. The van der Waals surface area contributed by atoms with Gasteiger partial charge in [-0.1, -0.05) is 11.6 Å². The van der Waals surface area contributed by atoms with Crippen molar-refractivity contribution in [3.63, 3.8) is 0 Å². The second-order valence-electron chi connectivity index (χ2n) is 8.03. The third-order valence-corrected chi connectivity index (χ3v) is 8.54. The SMILES string of the molecule is NS(=O)(=O)c1cc2c(cc1Cl)NC1(CCN(C(=O)CCC(CO[N+](=O)[O-])O[N+](=O)[O-])CC1)NS2(=O)=O. The highest BCUT2D eigenvalue weighted by Crippen LogP contribution is 2.38. The molecule has 0 saturated carbocycles. The highest BCUT2D eigenvalue weighted by Gasteiger charge is 2.44. The zero-order valence-electron chi connectivity index (χ0n) is 18.3. The number of fused-ring (bicyclic) bond motifs is 1. The van der Waals surface area contributed by atoms with Crippen molar-refractivity contribution in [2.75, 3.05) is 25.0 Å². The van der Waals surface area contributed by atoms with Crippen LogP contribution < -0.4 is 15.2 Å². The van der Waals surface area contributed by atoms with Crippen LogP contribution in [0.15, 0.2) is 21.9 Å². The summed E-state index contributed by atoms with van der Waals surface area (Å²) < 4.78 is 51.7. The molecule has 36 heavy (non-hydrogen) atoms.